The number of nitrogens with two attached hydrogens (primary N) is 1. The normalized spacial score (nSPS) is 19.8. The summed E-state index contributed by atoms with van der Waals surface area (Å²) in [5, 5.41) is 0.134. The van der Waals surface area contributed by atoms with E-state index >= 15 is 0 Å². The topological polar surface area (TPSA) is 60.2 Å². The van der Waals surface area contributed by atoms with E-state index in [1.165, 1.54) is 10.5 Å². The largest absolute Gasteiger partial charge is 0.325 e. The minimum absolute atomic E-state index is 0.0490. The predicted octanol–water partition coefficient (Wildman–Crippen LogP) is 1.86. The Bertz CT molecular complexity index is 507. The molecule has 3 nitrogen and oxygen atoms in total. The zero-order chi connectivity index (χ0) is 13.4. The number of benzene rings is 1. The van der Waals surface area contributed by atoms with E-state index in [9.17, 15) is 8.42 Å². The molecule has 0 amide bonds. The van der Waals surface area contributed by atoms with Crippen molar-refractivity contribution in [2.45, 2.75) is 36.0 Å². The summed E-state index contributed by atoms with van der Waals surface area (Å²) in [6, 6.07) is 8.12. The van der Waals surface area contributed by atoms with Crippen LogP contribution in [0.4, 0.5) is 0 Å². The van der Waals surface area contributed by atoms with E-state index < -0.39 is 15.4 Å². The van der Waals surface area contributed by atoms with Crippen LogP contribution in [0.25, 0.3) is 0 Å². The molecule has 1 atom stereocenters. The molecule has 1 heterocycles. The fraction of sp³-hybridized carbons (Fsp3) is 0.538. The molecule has 2 N–H and O–H groups in total. The van der Waals surface area contributed by atoms with Crippen LogP contribution in [0.15, 0.2) is 29.2 Å². The van der Waals surface area contributed by atoms with E-state index in [4.69, 9.17) is 5.73 Å². The van der Waals surface area contributed by atoms with Gasteiger partial charge in [0.25, 0.3) is 0 Å². The lowest BCUT2D eigenvalue weighted by molar-refractivity contribution is 0.543. The third kappa shape index (κ3) is 3.73. The maximum absolute atomic E-state index is 12.1. The second-order valence-electron chi connectivity index (χ2n) is 5.59. The zero-order valence-corrected chi connectivity index (χ0v) is 12.4. The van der Waals surface area contributed by atoms with Gasteiger partial charge < -0.3 is 5.73 Å². The Labute approximate surface area is 113 Å². The standard InChI is InChI=1S/C13H19NO2S2/c1-13(2,14)9-18(15,16)8-11-7-10-5-3-4-6-12(10)17-11/h3-6,11H,7-9,14H2,1-2H3. The summed E-state index contributed by atoms with van der Waals surface area (Å²) in [5.74, 6) is 0.264. The van der Waals surface area contributed by atoms with Crippen LogP contribution in [-0.2, 0) is 16.3 Å². The van der Waals surface area contributed by atoms with Crippen LogP contribution in [0.2, 0.25) is 0 Å². The highest BCUT2D eigenvalue weighted by molar-refractivity contribution is 8.01. The van der Waals surface area contributed by atoms with Gasteiger partial charge in [-0.25, -0.2) is 8.42 Å². The summed E-state index contributed by atoms with van der Waals surface area (Å²) in [6.45, 7) is 3.50. The molecule has 0 aromatic heterocycles. The van der Waals surface area contributed by atoms with Crippen LogP contribution in [0, 0.1) is 0 Å². The quantitative estimate of drug-likeness (QED) is 0.917. The van der Waals surface area contributed by atoms with Crippen molar-refractivity contribution >= 4 is 21.6 Å². The van der Waals surface area contributed by atoms with Crippen LogP contribution in [0.1, 0.15) is 19.4 Å². The molecule has 100 valence electrons. The van der Waals surface area contributed by atoms with E-state index in [1.54, 1.807) is 25.6 Å². The molecule has 0 saturated heterocycles. The first-order valence-corrected chi connectivity index (χ1v) is 8.69. The monoisotopic (exact) mass is 285 g/mol. The van der Waals surface area contributed by atoms with Crippen LogP contribution in [-0.4, -0.2) is 30.7 Å². The molecule has 1 aliphatic rings. The Kier molecular flexibility index (Phi) is 3.76. The van der Waals surface area contributed by atoms with Gasteiger partial charge in [-0.3, -0.25) is 0 Å². The average molecular weight is 285 g/mol. The van der Waals surface area contributed by atoms with Crippen molar-refractivity contribution < 1.29 is 8.42 Å². The highest BCUT2D eigenvalue weighted by Gasteiger charge is 2.29. The van der Waals surface area contributed by atoms with Gasteiger partial charge >= 0.3 is 0 Å². The summed E-state index contributed by atoms with van der Waals surface area (Å²) >= 11 is 1.67. The van der Waals surface area contributed by atoms with Crippen LogP contribution in [0.3, 0.4) is 0 Å². The third-order valence-electron chi connectivity index (χ3n) is 2.75. The molecule has 5 heteroatoms. The van der Waals surface area contributed by atoms with Gasteiger partial charge in [0.05, 0.1) is 11.5 Å². The van der Waals surface area contributed by atoms with E-state index in [0.717, 1.165) is 6.42 Å². The Morgan fingerprint density at radius 1 is 1.39 bits per heavy atom. The van der Waals surface area contributed by atoms with Crippen molar-refractivity contribution in [2.24, 2.45) is 5.73 Å². The first-order valence-electron chi connectivity index (χ1n) is 5.99. The summed E-state index contributed by atoms with van der Waals surface area (Å²) in [4.78, 5) is 1.21. The van der Waals surface area contributed by atoms with Gasteiger partial charge in [-0.2, -0.15) is 0 Å². The summed E-state index contributed by atoms with van der Waals surface area (Å²) in [7, 11) is -3.09. The lowest BCUT2D eigenvalue weighted by Gasteiger charge is -2.19. The molecule has 2 rings (SSSR count). The molecular formula is C13H19NO2S2. The van der Waals surface area contributed by atoms with Gasteiger partial charge in [0, 0.05) is 15.7 Å². The molecule has 0 spiro atoms. The average Bonchev–Trinajstić information content (AvgIpc) is 2.53. The maximum Gasteiger partial charge on any atom is 0.153 e. The molecule has 0 radical (unpaired) electrons. The van der Waals surface area contributed by atoms with Crippen molar-refractivity contribution in [2.75, 3.05) is 11.5 Å². The van der Waals surface area contributed by atoms with Gasteiger partial charge in [-0.15, -0.1) is 11.8 Å². The third-order valence-corrected chi connectivity index (χ3v) is 6.37. The minimum atomic E-state index is -3.09. The van der Waals surface area contributed by atoms with Gasteiger partial charge in [-0.1, -0.05) is 18.2 Å². The van der Waals surface area contributed by atoms with E-state index in [2.05, 4.69) is 12.1 Å². The summed E-state index contributed by atoms with van der Waals surface area (Å²) in [6.07, 6.45) is 0.838. The minimum Gasteiger partial charge on any atom is -0.325 e. The van der Waals surface area contributed by atoms with Crippen molar-refractivity contribution in [1.29, 1.82) is 0 Å². The second-order valence-corrected chi connectivity index (χ2v) is 9.05. The maximum atomic E-state index is 12.1. The number of hydrogen-bond donors (Lipinski definition) is 1. The molecule has 1 unspecified atom stereocenters. The van der Waals surface area contributed by atoms with Crippen LogP contribution in [0.5, 0.6) is 0 Å². The van der Waals surface area contributed by atoms with Gasteiger partial charge in [0.15, 0.2) is 9.84 Å². The van der Waals surface area contributed by atoms with Gasteiger partial charge in [0.2, 0.25) is 0 Å². The number of sulfone groups is 1. The number of rotatable bonds is 4. The van der Waals surface area contributed by atoms with Crippen molar-refractivity contribution in [3.05, 3.63) is 29.8 Å². The number of hydrogen-bond acceptors (Lipinski definition) is 4. The van der Waals surface area contributed by atoms with Gasteiger partial charge in [0.1, 0.15) is 0 Å². The molecule has 0 fully saturated rings. The fourth-order valence-electron chi connectivity index (χ4n) is 2.26. The predicted molar refractivity (Wildman–Crippen MR) is 76.7 cm³/mol. The Hall–Kier alpha value is -0.520. The first-order chi connectivity index (χ1) is 8.25. The Balaban J connectivity index is 2.01. The summed E-state index contributed by atoms with van der Waals surface area (Å²) in [5.41, 5.74) is 6.40. The smallest absolute Gasteiger partial charge is 0.153 e. The summed E-state index contributed by atoms with van der Waals surface area (Å²) < 4.78 is 24.1. The zero-order valence-electron chi connectivity index (χ0n) is 10.7. The van der Waals surface area contributed by atoms with Gasteiger partial charge in [-0.05, 0) is 31.9 Å². The van der Waals surface area contributed by atoms with E-state index in [-0.39, 0.29) is 16.8 Å². The highest BCUT2D eigenvalue weighted by atomic mass is 32.2. The second kappa shape index (κ2) is 4.87. The molecule has 18 heavy (non-hydrogen) atoms. The molecule has 0 aliphatic carbocycles. The first kappa shape index (κ1) is 13.9. The van der Waals surface area contributed by atoms with E-state index in [0.29, 0.717) is 0 Å². The number of fused-ring (bicyclic) bond motifs is 1. The number of thioether (sulfide) groups is 1. The van der Waals surface area contributed by atoms with Crippen LogP contribution >= 0.6 is 11.8 Å². The Morgan fingerprint density at radius 2 is 2.06 bits per heavy atom. The molecule has 1 aromatic rings. The van der Waals surface area contributed by atoms with Crippen molar-refractivity contribution in [3.8, 4) is 0 Å². The molecule has 0 bridgehead atoms. The molecular weight excluding hydrogens is 266 g/mol. The van der Waals surface area contributed by atoms with E-state index in [1.807, 2.05) is 12.1 Å². The fourth-order valence-corrected chi connectivity index (χ4v) is 6.17. The van der Waals surface area contributed by atoms with Crippen molar-refractivity contribution in [1.82, 2.24) is 0 Å². The highest BCUT2D eigenvalue weighted by Crippen LogP contribution is 2.37. The molecule has 1 aromatic carbocycles. The SMILES string of the molecule is CC(C)(N)CS(=O)(=O)CC1Cc2ccccc2S1. The molecule has 0 saturated carbocycles. The van der Waals surface area contributed by atoms with Crippen molar-refractivity contribution in [3.63, 3.8) is 0 Å². The van der Waals surface area contributed by atoms with Crippen LogP contribution < -0.4 is 5.73 Å². The lowest BCUT2D eigenvalue weighted by Crippen LogP contribution is -2.41. The lowest BCUT2D eigenvalue weighted by atomic mass is 10.1. The molecule has 1 aliphatic heterocycles. The Morgan fingerprint density at radius 3 is 2.67 bits per heavy atom.